The largest absolute Gasteiger partial charge is 0.330 e. The van der Waals surface area contributed by atoms with E-state index in [2.05, 4.69) is 28.4 Å². The van der Waals surface area contributed by atoms with Gasteiger partial charge < -0.3 is 4.90 Å². The van der Waals surface area contributed by atoms with E-state index >= 15 is 0 Å². The van der Waals surface area contributed by atoms with Gasteiger partial charge in [0.25, 0.3) is 5.91 Å². The smallest absolute Gasteiger partial charge is 0.275 e. The number of hydrogen-bond acceptors (Lipinski definition) is 2. The molecule has 24 heavy (non-hydrogen) atoms. The lowest BCUT2D eigenvalue weighted by molar-refractivity contribution is 0.0537. The highest BCUT2D eigenvalue weighted by molar-refractivity contribution is 6.05. The first-order valence-electron chi connectivity index (χ1n) is 8.26. The third kappa shape index (κ3) is 1.84. The molecule has 2 atom stereocenters. The number of halogens is 1. The normalized spacial score (nSPS) is 22.0. The highest BCUT2D eigenvalue weighted by Crippen LogP contribution is 2.47. The molecular weight excluding hydrogens is 305 g/mol. The van der Waals surface area contributed by atoms with Crippen molar-refractivity contribution in [3.63, 3.8) is 0 Å². The molecule has 4 nitrogen and oxygen atoms in total. The van der Waals surface area contributed by atoms with Crippen LogP contribution in [0.15, 0.2) is 42.5 Å². The van der Waals surface area contributed by atoms with E-state index in [1.165, 1.54) is 23.3 Å². The second-order valence-electron chi connectivity index (χ2n) is 6.64. The number of carbonyl (C=O) groups is 1. The summed E-state index contributed by atoms with van der Waals surface area (Å²) >= 11 is 0. The summed E-state index contributed by atoms with van der Waals surface area (Å²) in [5, 5.41) is 7.55. The number of hydrogen-bond donors (Lipinski definition) is 1. The molecule has 5 heteroatoms. The van der Waals surface area contributed by atoms with E-state index in [1.54, 1.807) is 6.07 Å². The minimum Gasteiger partial charge on any atom is -0.330 e. The van der Waals surface area contributed by atoms with E-state index in [0.717, 1.165) is 12.8 Å². The summed E-state index contributed by atoms with van der Waals surface area (Å²) in [5.74, 6) is -0.0865. The average Bonchev–Trinajstić information content (AvgIpc) is 3.04. The lowest BCUT2D eigenvalue weighted by atomic mass is 9.75. The fraction of sp³-hybridized carbons (Fsp3) is 0.263. The van der Waals surface area contributed by atoms with Gasteiger partial charge in [0.15, 0.2) is 5.69 Å². The zero-order valence-electron chi connectivity index (χ0n) is 13.0. The Bertz CT molecular complexity index is 964. The number of aromatic amines is 1. The molecule has 3 heterocycles. The molecule has 1 aromatic heterocycles. The number of aromatic nitrogens is 2. The second kappa shape index (κ2) is 4.90. The fourth-order valence-electron chi connectivity index (χ4n) is 4.24. The number of benzene rings is 2. The minimum atomic E-state index is -0.358. The standard InChI is InChI=1S/C19H16FN3O/c20-12-6-7-16-15(9-12)18(22-21-16)19(24)23-10-11-5-8-17(23)14-4-2-1-3-13(11)14/h1-4,6-7,9,11,17H,5,8,10H2,(H,21,22)/t11-,17-/m0/s1. The van der Waals surface area contributed by atoms with Gasteiger partial charge in [-0.25, -0.2) is 4.39 Å². The van der Waals surface area contributed by atoms with Gasteiger partial charge in [-0.2, -0.15) is 5.10 Å². The zero-order valence-corrected chi connectivity index (χ0v) is 13.0. The number of carbonyl (C=O) groups excluding carboxylic acids is 1. The van der Waals surface area contributed by atoms with Gasteiger partial charge in [0, 0.05) is 17.8 Å². The van der Waals surface area contributed by atoms with Crippen molar-refractivity contribution in [2.24, 2.45) is 0 Å². The van der Waals surface area contributed by atoms with Gasteiger partial charge in [-0.1, -0.05) is 24.3 Å². The van der Waals surface area contributed by atoms with E-state index in [-0.39, 0.29) is 17.8 Å². The topological polar surface area (TPSA) is 49.0 Å². The number of piperidine rings is 1. The molecule has 0 saturated carbocycles. The molecule has 3 aromatic rings. The number of H-pyrrole nitrogens is 1. The number of amides is 1. The number of nitrogens with one attached hydrogen (secondary N) is 1. The molecular formula is C19H16FN3O. The number of rotatable bonds is 1. The fourth-order valence-corrected chi connectivity index (χ4v) is 4.24. The van der Waals surface area contributed by atoms with E-state index in [0.29, 0.717) is 29.1 Å². The van der Waals surface area contributed by atoms with Gasteiger partial charge in [-0.05, 0) is 42.2 Å². The van der Waals surface area contributed by atoms with E-state index in [9.17, 15) is 9.18 Å². The highest BCUT2D eigenvalue weighted by atomic mass is 19.1. The Hall–Kier alpha value is -2.69. The first kappa shape index (κ1) is 13.7. The summed E-state index contributed by atoms with van der Waals surface area (Å²) in [4.78, 5) is 15.0. The maximum absolute atomic E-state index is 13.6. The van der Waals surface area contributed by atoms with Gasteiger partial charge in [0.1, 0.15) is 5.82 Å². The highest BCUT2D eigenvalue weighted by Gasteiger charge is 2.41. The van der Waals surface area contributed by atoms with Crippen molar-refractivity contribution in [1.82, 2.24) is 15.1 Å². The molecule has 2 bridgehead atoms. The van der Waals surface area contributed by atoms with Crippen molar-refractivity contribution in [2.45, 2.75) is 24.8 Å². The first-order valence-corrected chi connectivity index (χ1v) is 8.26. The van der Waals surface area contributed by atoms with E-state index in [1.807, 2.05) is 11.0 Å². The van der Waals surface area contributed by atoms with Gasteiger partial charge in [0.2, 0.25) is 0 Å². The van der Waals surface area contributed by atoms with E-state index in [4.69, 9.17) is 0 Å². The summed E-state index contributed by atoms with van der Waals surface area (Å²) in [5.41, 5.74) is 3.62. The van der Waals surface area contributed by atoms with Crippen molar-refractivity contribution in [2.75, 3.05) is 6.54 Å². The molecule has 6 rings (SSSR count). The summed E-state index contributed by atoms with van der Waals surface area (Å²) < 4.78 is 13.6. The Labute approximate surface area is 138 Å². The van der Waals surface area contributed by atoms with Crippen LogP contribution < -0.4 is 0 Å². The molecule has 1 aliphatic carbocycles. The van der Waals surface area contributed by atoms with Crippen LogP contribution in [0, 0.1) is 5.82 Å². The molecule has 0 spiro atoms. The zero-order chi connectivity index (χ0) is 16.3. The molecule has 1 amide bonds. The second-order valence-corrected chi connectivity index (χ2v) is 6.64. The van der Waals surface area contributed by atoms with Crippen LogP contribution in [-0.2, 0) is 0 Å². The van der Waals surface area contributed by atoms with Gasteiger partial charge in [-0.3, -0.25) is 9.89 Å². The monoisotopic (exact) mass is 321 g/mol. The third-order valence-corrected chi connectivity index (χ3v) is 5.37. The maximum atomic E-state index is 13.6. The molecule has 0 radical (unpaired) electrons. The molecule has 120 valence electrons. The minimum absolute atomic E-state index is 0.0963. The molecule has 1 fully saturated rings. The molecule has 1 N–H and O–H groups in total. The van der Waals surface area contributed by atoms with Crippen molar-refractivity contribution in [3.8, 4) is 0 Å². The first-order chi connectivity index (χ1) is 11.7. The average molecular weight is 321 g/mol. The van der Waals surface area contributed by atoms with Crippen LogP contribution >= 0.6 is 0 Å². The van der Waals surface area contributed by atoms with Crippen LogP contribution in [0.2, 0.25) is 0 Å². The number of nitrogens with zero attached hydrogens (tertiary/aromatic N) is 2. The lowest BCUT2D eigenvalue weighted by Crippen LogP contribution is -2.45. The summed E-state index contributed by atoms with van der Waals surface area (Å²) in [6.07, 6.45) is 2.09. The van der Waals surface area contributed by atoms with Crippen LogP contribution in [0.4, 0.5) is 4.39 Å². The quantitative estimate of drug-likeness (QED) is 0.741. The SMILES string of the molecule is O=C(c1n[nH]c2ccc(F)cc12)N1C[C@@H]2CC[C@H]1c1ccccc12. The van der Waals surface area contributed by atoms with Gasteiger partial charge in [0.05, 0.1) is 11.6 Å². The molecule has 2 aromatic carbocycles. The Balaban J connectivity index is 1.57. The Kier molecular flexibility index (Phi) is 2.80. The predicted octanol–water partition coefficient (Wildman–Crippen LogP) is 3.78. The van der Waals surface area contributed by atoms with Crippen molar-refractivity contribution in [3.05, 3.63) is 65.1 Å². The van der Waals surface area contributed by atoms with Crippen molar-refractivity contribution >= 4 is 16.8 Å². The van der Waals surface area contributed by atoms with Crippen LogP contribution in [0.25, 0.3) is 10.9 Å². The summed E-state index contributed by atoms with van der Waals surface area (Å²) in [7, 11) is 0. The predicted molar refractivity (Wildman–Crippen MR) is 88.2 cm³/mol. The van der Waals surface area contributed by atoms with Crippen molar-refractivity contribution < 1.29 is 9.18 Å². The summed E-state index contributed by atoms with van der Waals surface area (Å²) in [6, 6.07) is 12.8. The third-order valence-electron chi connectivity index (χ3n) is 5.37. The Morgan fingerprint density at radius 2 is 2.00 bits per heavy atom. The number of fused-ring (bicyclic) bond motifs is 3. The van der Waals surface area contributed by atoms with Gasteiger partial charge in [-0.15, -0.1) is 0 Å². The Morgan fingerprint density at radius 3 is 2.88 bits per heavy atom. The Morgan fingerprint density at radius 1 is 1.17 bits per heavy atom. The van der Waals surface area contributed by atoms with Crippen LogP contribution in [0.5, 0.6) is 0 Å². The molecule has 1 saturated heterocycles. The lowest BCUT2D eigenvalue weighted by Gasteiger charge is -2.46. The van der Waals surface area contributed by atoms with Crippen LogP contribution in [0.3, 0.4) is 0 Å². The van der Waals surface area contributed by atoms with Gasteiger partial charge >= 0.3 is 0 Å². The molecule has 3 aliphatic rings. The summed E-state index contributed by atoms with van der Waals surface area (Å²) in [6.45, 7) is 0.712. The molecule has 2 aliphatic heterocycles. The van der Waals surface area contributed by atoms with Crippen LogP contribution in [-0.4, -0.2) is 27.5 Å². The van der Waals surface area contributed by atoms with E-state index < -0.39 is 0 Å². The maximum Gasteiger partial charge on any atom is 0.275 e. The van der Waals surface area contributed by atoms with Crippen molar-refractivity contribution in [1.29, 1.82) is 0 Å². The van der Waals surface area contributed by atoms with Crippen LogP contribution in [0.1, 0.15) is 46.4 Å². The molecule has 0 unspecified atom stereocenters.